The Bertz CT molecular complexity index is 532. The van der Waals surface area contributed by atoms with Gasteiger partial charge in [0, 0.05) is 17.9 Å². The number of rotatable bonds is 2. The van der Waals surface area contributed by atoms with E-state index in [0.29, 0.717) is 0 Å². The van der Waals surface area contributed by atoms with E-state index < -0.39 is 0 Å². The minimum atomic E-state index is -0.191. The molecule has 18 heavy (non-hydrogen) atoms. The van der Waals surface area contributed by atoms with Gasteiger partial charge in [-0.25, -0.2) is 0 Å². The summed E-state index contributed by atoms with van der Waals surface area (Å²) in [5.74, 6) is 0. The highest BCUT2D eigenvalue weighted by molar-refractivity contribution is 9.11. The van der Waals surface area contributed by atoms with Gasteiger partial charge in [-0.05, 0) is 47.5 Å². The molecule has 2 N–H and O–H groups in total. The first-order chi connectivity index (χ1) is 8.49. The van der Waals surface area contributed by atoms with Crippen LogP contribution in [0.1, 0.15) is 17.2 Å². The van der Waals surface area contributed by atoms with E-state index in [0.717, 1.165) is 29.0 Å². The topological polar surface area (TPSA) is 26.0 Å². The molecule has 0 aliphatic carbocycles. The molecule has 94 valence electrons. The third-order valence-electron chi connectivity index (χ3n) is 2.59. The SMILES string of the molecule is NC(c1cc(Br)ccc1Br)c1cc(Br)ccc1Br. The van der Waals surface area contributed by atoms with Gasteiger partial charge in [0.15, 0.2) is 0 Å². The monoisotopic (exact) mass is 495 g/mol. The molecule has 5 heteroatoms. The quantitative estimate of drug-likeness (QED) is 0.558. The van der Waals surface area contributed by atoms with E-state index in [1.807, 2.05) is 36.4 Å². The maximum atomic E-state index is 6.35. The highest BCUT2D eigenvalue weighted by Gasteiger charge is 2.15. The Morgan fingerprint density at radius 3 is 1.50 bits per heavy atom. The molecule has 0 amide bonds. The summed E-state index contributed by atoms with van der Waals surface area (Å²) in [6, 6.07) is 11.8. The van der Waals surface area contributed by atoms with Gasteiger partial charge in [0.2, 0.25) is 0 Å². The minimum Gasteiger partial charge on any atom is -0.320 e. The average molecular weight is 499 g/mol. The van der Waals surface area contributed by atoms with Crippen LogP contribution in [0.4, 0.5) is 0 Å². The Morgan fingerprint density at radius 2 is 1.11 bits per heavy atom. The summed E-state index contributed by atoms with van der Waals surface area (Å²) >= 11 is 14.0. The van der Waals surface area contributed by atoms with E-state index in [1.165, 1.54) is 0 Å². The lowest BCUT2D eigenvalue weighted by Gasteiger charge is -2.17. The minimum absolute atomic E-state index is 0.191. The molecule has 0 aliphatic rings. The first-order valence-electron chi connectivity index (χ1n) is 5.14. The smallest absolute Gasteiger partial charge is 0.0574 e. The predicted molar refractivity (Wildman–Crippen MR) is 89.7 cm³/mol. The lowest BCUT2D eigenvalue weighted by atomic mass is 10.00. The maximum Gasteiger partial charge on any atom is 0.0574 e. The summed E-state index contributed by atoms with van der Waals surface area (Å²) in [6.45, 7) is 0. The van der Waals surface area contributed by atoms with Crippen molar-refractivity contribution in [3.63, 3.8) is 0 Å². The van der Waals surface area contributed by atoms with Crippen LogP contribution in [0.15, 0.2) is 54.3 Å². The average Bonchev–Trinajstić information content (AvgIpc) is 2.34. The molecule has 0 unspecified atom stereocenters. The Hall–Kier alpha value is 0.320. The highest BCUT2D eigenvalue weighted by Crippen LogP contribution is 2.34. The van der Waals surface area contributed by atoms with Crippen LogP contribution in [0.5, 0.6) is 0 Å². The summed E-state index contributed by atoms with van der Waals surface area (Å²) < 4.78 is 4.04. The zero-order valence-electron chi connectivity index (χ0n) is 9.13. The van der Waals surface area contributed by atoms with E-state index in [1.54, 1.807) is 0 Å². The molecule has 2 aromatic rings. The zero-order valence-corrected chi connectivity index (χ0v) is 15.5. The fourth-order valence-electron chi connectivity index (χ4n) is 1.67. The summed E-state index contributed by atoms with van der Waals surface area (Å²) in [5, 5.41) is 0. The van der Waals surface area contributed by atoms with E-state index in [9.17, 15) is 0 Å². The van der Waals surface area contributed by atoms with Crippen molar-refractivity contribution < 1.29 is 0 Å². The van der Waals surface area contributed by atoms with Crippen LogP contribution in [0.2, 0.25) is 0 Å². The number of nitrogens with two attached hydrogens (primary N) is 1. The molecule has 0 radical (unpaired) electrons. The van der Waals surface area contributed by atoms with Crippen LogP contribution in [0.25, 0.3) is 0 Å². The van der Waals surface area contributed by atoms with Crippen molar-refractivity contribution >= 4 is 63.7 Å². The third kappa shape index (κ3) is 3.25. The molecule has 0 bridgehead atoms. The Labute approximate surface area is 140 Å². The normalized spacial score (nSPS) is 11.0. The molecule has 2 rings (SSSR count). The molecular formula is C13H9Br4N. The molecule has 2 aromatic carbocycles. The van der Waals surface area contributed by atoms with Gasteiger partial charge in [0.25, 0.3) is 0 Å². The molecule has 0 aromatic heterocycles. The van der Waals surface area contributed by atoms with Crippen LogP contribution >= 0.6 is 63.7 Å². The predicted octanol–water partition coefficient (Wildman–Crippen LogP) is 5.78. The zero-order chi connectivity index (χ0) is 13.3. The van der Waals surface area contributed by atoms with Crippen molar-refractivity contribution in [2.75, 3.05) is 0 Å². The van der Waals surface area contributed by atoms with Gasteiger partial charge in [0.1, 0.15) is 0 Å². The Morgan fingerprint density at radius 1 is 0.722 bits per heavy atom. The largest absolute Gasteiger partial charge is 0.320 e. The van der Waals surface area contributed by atoms with Gasteiger partial charge < -0.3 is 5.73 Å². The highest BCUT2D eigenvalue weighted by atomic mass is 79.9. The number of hydrogen-bond donors (Lipinski definition) is 1. The lowest BCUT2D eigenvalue weighted by Crippen LogP contribution is -2.13. The van der Waals surface area contributed by atoms with Crippen molar-refractivity contribution in [2.24, 2.45) is 5.73 Å². The molecule has 0 saturated carbocycles. The molecule has 0 fully saturated rings. The standard InChI is InChI=1S/C13H9Br4N/c14-7-1-3-11(16)9(5-7)13(18)10-6-8(15)2-4-12(10)17/h1-6,13H,18H2. The molecule has 0 spiro atoms. The van der Waals surface area contributed by atoms with Crippen LogP contribution in [0, 0.1) is 0 Å². The second-order valence-electron chi connectivity index (χ2n) is 3.81. The molecule has 0 saturated heterocycles. The summed E-state index contributed by atoms with van der Waals surface area (Å²) in [4.78, 5) is 0. The van der Waals surface area contributed by atoms with Gasteiger partial charge >= 0.3 is 0 Å². The Kier molecular flexibility index (Phi) is 5.06. The molecule has 0 heterocycles. The van der Waals surface area contributed by atoms with Gasteiger partial charge in [0.05, 0.1) is 6.04 Å². The lowest BCUT2D eigenvalue weighted by molar-refractivity contribution is 0.858. The second kappa shape index (κ2) is 6.18. The molecule has 0 atom stereocenters. The van der Waals surface area contributed by atoms with E-state index >= 15 is 0 Å². The van der Waals surface area contributed by atoms with Gasteiger partial charge in [-0.1, -0.05) is 63.7 Å². The number of halogens is 4. The van der Waals surface area contributed by atoms with Crippen molar-refractivity contribution in [3.8, 4) is 0 Å². The van der Waals surface area contributed by atoms with Crippen molar-refractivity contribution in [1.82, 2.24) is 0 Å². The molecular weight excluding hydrogens is 490 g/mol. The van der Waals surface area contributed by atoms with Crippen molar-refractivity contribution in [2.45, 2.75) is 6.04 Å². The second-order valence-corrected chi connectivity index (χ2v) is 7.35. The fraction of sp³-hybridized carbons (Fsp3) is 0.0769. The summed E-state index contributed by atoms with van der Waals surface area (Å²) in [5.41, 5.74) is 8.44. The first-order valence-corrected chi connectivity index (χ1v) is 8.31. The van der Waals surface area contributed by atoms with Gasteiger partial charge in [-0.2, -0.15) is 0 Å². The fourth-order valence-corrected chi connectivity index (χ4v) is 3.42. The van der Waals surface area contributed by atoms with Crippen LogP contribution in [0.3, 0.4) is 0 Å². The number of hydrogen-bond acceptors (Lipinski definition) is 1. The maximum absolute atomic E-state index is 6.35. The van der Waals surface area contributed by atoms with E-state index in [-0.39, 0.29) is 6.04 Å². The van der Waals surface area contributed by atoms with Gasteiger partial charge in [-0.3, -0.25) is 0 Å². The van der Waals surface area contributed by atoms with Crippen molar-refractivity contribution in [3.05, 3.63) is 65.4 Å². The molecule has 0 aliphatic heterocycles. The summed E-state index contributed by atoms with van der Waals surface area (Å²) in [7, 11) is 0. The molecule has 1 nitrogen and oxygen atoms in total. The summed E-state index contributed by atoms with van der Waals surface area (Å²) in [6.07, 6.45) is 0. The van der Waals surface area contributed by atoms with Crippen LogP contribution < -0.4 is 5.73 Å². The van der Waals surface area contributed by atoms with Crippen molar-refractivity contribution in [1.29, 1.82) is 0 Å². The van der Waals surface area contributed by atoms with Gasteiger partial charge in [-0.15, -0.1) is 0 Å². The number of benzene rings is 2. The van der Waals surface area contributed by atoms with Crippen LogP contribution in [-0.4, -0.2) is 0 Å². The Balaban J connectivity index is 2.50. The van der Waals surface area contributed by atoms with Crippen LogP contribution in [-0.2, 0) is 0 Å². The first kappa shape index (κ1) is 14.7. The van der Waals surface area contributed by atoms with E-state index in [4.69, 9.17) is 5.73 Å². The van der Waals surface area contributed by atoms with E-state index in [2.05, 4.69) is 63.7 Å². The third-order valence-corrected chi connectivity index (χ3v) is 5.02.